The van der Waals surface area contributed by atoms with E-state index in [2.05, 4.69) is 52.3 Å². The largest absolute Gasteiger partial charge is 0.329 e. The van der Waals surface area contributed by atoms with E-state index in [0.29, 0.717) is 6.41 Å². The van der Waals surface area contributed by atoms with Gasteiger partial charge in [-0.05, 0) is 70.7 Å². The summed E-state index contributed by atoms with van der Waals surface area (Å²) >= 11 is 3.52. The number of nitrogens with zero attached hydrogens (tertiary/aromatic N) is 2. The summed E-state index contributed by atoms with van der Waals surface area (Å²) in [6, 6.07) is 25.9. The SMILES string of the molecule is Cc1cnn(-c2ccccc2Br)c1C.O=CNc1ccc(-c2ccccc2)cc1. The lowest BCUT2D eigenvalue weighted by molar-refractivity contribution is -0.105. The van der Waals surface area contributed by atoms with E-state index in [1.807, 2.05) is 77.6 Å². The van der Waals surface area contributed by atoms with Gasteiger partial charge < -0.3 is 5.32 Å². The first-order chi connectivity index (χ1) is 14.1. The molecule has 1 aromatic heterocycles. The van der Waals surface area contributed by atoms with Gasteiger partial charge in [0, 0.05) is 15.9 Å². The summed E-state index contributed by atoms with van der Waals surface area (Å²) in [4.78, 5) is 10.2. The molecule has 0 saturated heterocycles. The Labute approximate surface area is 179 Å². The van der Waals surface area contributed by atoms with Crippen molar-refractivity contribution in [3.05, 3.63) is 101 Å². The van der Waals surface area contributed by atoms with Crippen molar-refractivity contribution in [1.29, 1.82) is 0 Å². The van der Waals surface area contributed by atoms with Crippen molar-refractivity contribution in [2.75, 3.05) is 5.32 Å². The molecule has 5 heteroatoms. The highest BCUT2D eigenvalue weighted by atomic mass is 79.9. The Morgan fingerprint density at radius 1 is 0.862 bits per heavy atom. The van der Waals surface area contributed by atoms with Gasteiger partial charge in [0.05, 0.1) is 11.9 Å². The number of rotatable bonds is 4. The van der Waals surface area contributed by atoms with Crippen LogP contribution in [-0.2, 0) is 4.79 Å². The van der Waals surface area contributed by atoms with Crippen LogP contribution in [0.5, 0.6) is 0 Å². The molecule has 4 nitrogen and oxygen atoms in total. The van der Waals surface area contributed by atoms with E-state index in [1.54, 1.807) is 0 Å². The average molecular weight is 448 g/mol. The maximum Gasteiger partial charge on any atom is 0.211 e. The molecule has 29 heavy (non-hydrogen) atoms. The van der Waals surface area contributed by atoms with Crippen LogP contribution in [-0.4, -0.2) is 16.2 Å². The topological polar surface area (TPSA) is 46.9 Å². The number of para-hydroxylation sites is 1. The third-order valence-electron chi connectivity index (χ3n) is 4.55. The van der Waals surface area contributed by atoms with Crippen LogP contribution in [0.4, 0.5) is 5.69 Å². The second-order valence-electron chi connectivity index (χ2n) is 6.48. The molecule has 4 aromatic rings. The molecule has 0 aliphatic carbocycles. The quantitative estimate of drug-likeness (QED) is 0.380. The Morgan fingerprint density at radius 3 is 2.07 bits per heavy atom. The molecular formula is C24H22BrN3O. The molecule has 0 aliphatic heterocycles. The zero-order valence-electron chi connectivity index (χ0n) is 16.3. The van der Waals surface area contributed by atoms with Crippen molar-refractivity contribution >= 4 is 28.0 Å². The van der Waals surface area contributed by atoms with Crippen molar-refractivity contribution in [3.8, 4) is 16.8 Å². The smallest absolute Gasteiger partial charge is 0.211 e. The van der Waals surface area contributed by atoms with E-state index in [4.69, 9.17) is 0 Å². The van der Waals surface area contributed by atoms with Gasteiger partial charge in [-0.25, -0.2) is 4.68 Å². The minimum Gasteiger partial charge on any atom is -0.329 e. The van der Waals surface area contributed by atoms with Gasteiger partial charge in [0.1, 0.15) is 0 Å². The number of carbonyl (C=O) groups is 1. The highest BCUT2D eigenvalue weighted by Gasteiger charge is 2.06. The van der Waals surface area contributed by atoms with Crippen LogP contribution in [0.15, 0.2) is 89.5 Å². The minimum absolute atomic E-state index is 0.678. The summed E-state index contributed by atoms with van der Waals surface area (Å²) in [5, 5.41) is 6.94. The highest BCUT2D eigenvalue weighted by molar-refractivity contribution is 9.10. The van der Waals surface area contributed by atoms with E-state index >= 15 is 0 Å². The molecule has 0 unspecified atom stereocenters. The van der Waals surface area contributed by atoms with Gasteiger partial charge in [0.2, 0.25) is 6.41 Å². The molecule has 0 spiro atoms. The van der Waals surface area contributed by atoms with Gasteiger partial charge in [0.15, 0.2) is 0 Å². The second-order valence-corrected chi connectivity index (χ2v) is 7.34. The second kappa shape index (κ2) is 9.85. The summed E-state index contributed by atoms with van der Waals surface area (Å²) < 4.78 is 3.01. The maximum atomic E-state index is 10.2. The number of anilines is 1. The number of carbonyl (C=O) groups excluding carboxylic acids is 1. The van der Waals surface area contributed by atoms with Crippen LogP contribution in [0.25, 0.3) is 16.8 Å². The molecule has 1 amide bonds. The maximum absolute atomic E-state index is 10.2. The van der Waals surface area contributed by atoms with Gasteiger partial charge in [-0.15, -0.1) is 0 Å². The number of benzene rings is 3. The minimum atomic E-state index is 0.678. The fourth-order valence-electron chi connectivity index (χ4n) is 2.82. The van der Waals surface area contributed by atoms with E-state index in [0.717, 1.165) is 21.4 Å². The van der Waals surface area contributed by atoms with Crippen LogP contribution in [0.2, 0.25) is 0 Å². The van der Waals surface area contributed by atoms with Crippen LogP contribution in [0, 0.1) is 13.8 Å². The molecule has 0 atom stereocenters. The first kappa shape index (κ1) is 20.6. The Kier molecular flexibility index (Phi) is 6.98. The average Bonchev–Trinajstić information content (AvgIpc) is 3.09. The lowest BCUT2D eigenvalue weighted by atomic mass is 10.1. The molecule has 0 bridgehead atoms. The molecule has 0 saturated carbocycles. The predicted molar refractivity (Wildman–Crippen MR) is 122 cm³/mol. The number of nitrogens with one attached hydrogen (secondary N) is 1. The molecule has 0 aliphatic rings. The number of hydrogen-bond acceptors (Lipinski definition) is 2. The lowest BCUT2D eigenvalue weighted by Crippen LogP contribution is -1.99. The van der Waals surface area contributed by atoms with Gasteiger partial charge in [-0.2, -0.15) is 5.10 Å². The van der Waals surface area contributed by atoms with Crippen LogP contribution in [0.3, 0.4) is 0 Å². The molecule has 0 fully saturated rings. The number of amides is 1. The summed E-state index contributed by atoms with van der Waals surface area (Å²) in [5.41, 5.74) is 6.60. The molecule has 146 valence electrons. The normalized spacial score (nSPS) is 10.0. The summed E-state index contributed by atoms with van der Waals surface area (Å²) in [6.07, 6.45) is 2.56. The molecule has 1 heterocycles. The van der Waals surface area contributed by atoms with Crippen LogP contribution >= 0.6 is 15.9 Å². The Morgan fingerprint density at radius 2 is 1.48 bits per heavy atom. The lowest BCUT2D eigenvalue weighted by Gasteiger charge is -2.06. The fourth-order valence-corrected chi connectivity index (χ4v) is 3.27. The van der Waals surface area contributed by atoms with Crippen molar-refractivity contribution in [1.82, 2.24) is 9.78 Å². The number of aromatic nitrogens is 2. The molecule has 1 N–H and O–H groups in total. The monoisotopic (exact) mass is 447 g/mol. The van der Waals surface area contributed by atoms with Crippen molar-refractivity contribution in [2.45, 2.75) is 13.8 Å². The molecule has 0 radical (unpaired) electrons. The van der Waals surface area contributed by atoms with Crippen molar-refractivity contribution in [2.24, 2.45) is 0 Å². The number of aryl methyl sites for hydroxylation is 1. The van der Waals surface area contributed by atoms with Crippen LogP contribution in [0.1, 0.15) is 11.3 Å². The fraction of sp³-hybridized carbons (Fsp3) is 0.0833. The summed E-state index contributed by atoms with van der Waals surface area (Å²) in [6.45, 7) is 4.14. The number of halogens is 1. The van der Waals surface area contributed by atoms with E-state index in [9.17, 15) is 4.79 Å². The van der Waals surface area contributed by atoms with Gasteiger partial charge in [-0.1, -0.05) is 54.6 Å². The summed E-state index contributed by atoms with van der Waals surface area (Å²) in [5.74, 6) is 0. The molecule has 4 rings (SSSR count). The van der Waals surface area contributed by atoms with Gasteiger partial charge in [-0.3, -0.25) is 4.79 Å². The van der Waals surface area contributed by atoms with Gasteiger partial charge in [0.25, 0.3) is 0 Å². The third-order valence-corrected chi connectivity index (χ3v) is 5.22. The van der Waals surface area contributed by atoms with Crippen molar-refractivity contribution in [3.63, 3.8) is 0 Å². The van der Waals surface area contributed by atoms with E-state index < -0.39 is 0 Å². The van der Waals surface area contributed by atoms with Crippen LogP contribution < -0.4 is 5.32 Å². The highest BCUT2D eigenvalue weighted by Crippen LogP contribution is 2.22. The standard InChI is InChI=1S/C13H11NO.C11H11BrN2/c15-10-14-13-8-6-12(7-9-13)11-4-2-1-3-5-11;1-8-7-13-14(9(8)2)11-6-4-3-5-10(11)12/h1-10H,(H,14,15);3-7H,1-2H3. The third kappa shape index (κ3) is 5.21. The Balaban J connectivity index is 0.000000166. The van der Waals surface area contributed by atoms with E-state index in [1.165, 1.54) is 16.8 Å². The first-order valence-electron chi connectivity index (χ1n) is 9.22. The Hall–Kier alpha value is -3.18. The predicted octanol–water partition coefficient (Wildman–Crippen LogP) is 6.17. The summed E-state index contributed by atoms with van der Waals surface area (Å²) in [7, 11) is 0. The first-order valence-corrected chi connectivity index (χ1v) is 10.0. The van der Waals surface area contributed by atoms with Gasteiger partial charge >= 0.3 is 0 Å². The number of hydrogen-bond donors (Lipinski definition) is 1. The molecular weight excluding hydrogens is 426 g/mol. The molecule has 3 aromatic carbocycles. The van der Waals surface area contributed by atoms with Crippen molar-refractivity contribution < 1.29 is 4.79 Å². The van der Waals surface area contributed by atoms with E-state index in [-0.39, 0.29) is 0 Å². The zero-order chi connectivity index (χ0) is 20.6. The Bertz CT molecular complexity index is 1070. The zero-order valence-corrected chi connectivity index (χ0v) is 17.9.